The molecule has 1 aromatic carbocycles. The minimum absolute atomic E-state index is 0.000139. The molecular formula is C9H8ClO3P. The van der Waals surface area contributed by atoms with Crippen LogP contribution in [0.3, 0.4) is 0 Å². The highest BCUT2D eigenvalue weighted by Crippen LogP contribution is 2.39. The standard InChI is InChI=1S/C9H8ClO3P/c10-5-1-2-7(13-14)9-8(5)6(11)3-4-12-9/h1-2H,3-4,14H2. The molecule has 1 unspecified atom stereocenters. The topological polar surface area (TPSA) is 35.5 Å². The van der Waals surface area contributed by atoms with Crippen molar-refractivity contribution < 1.29 is 14.1 Å². The van der Waals surface area contributed by atoms with Gasteiger partial charge in [0.05, 0.1) is 26.7 Å². The number of halogens is 1. The zero-order valence-electron chi connectivity index (χ0n) is 7.25. The molecular weight excluding hydrogens is 223 g/mol. The van der Waals surface area contributed by atoms with Gasteiger partial charge in [0.1, 0.15) is 0 Å². The molecule has 1 aliphatic rings. The molecule has 5 heteroatoms. The fourth-order valence-corrected chi connectivity index (χ4v) is 1.85. The van der Waals surface area contributed by atoms with Crippen LogP contribution in [0.15, 0.2) is 12.1 Å². The summed E-state index contributed by atoms with van der Waals surface area (Å²) >= 11 is 5.90. The van der Waals surface area contributed by atoms with Crippen molar-refractivity contribution in [1.82, 2.24) is 0 Å². The zero-order chi connectivity index (χ0) is 10.1. The Balaban J connectivity index is 2.63. The molecule has 14 heavy (non-hydrogen) atoms. The van der Waals surface area contributed by atoms with Crippen molar-refractivity contribution in [2.45, 2.75) is 6.42 Å². The molecule has 0 saturated carbocycles. The van der Waals surface area contributed by atoms with E-state index in [0.717, 1.165) is 0 Å². The quantitative estimate of drug-likeness (QED) is 0.696. The van der Waals surface area contributed by atoms with Gasteiger partial charge in [-0.1, -0.05) is 11.6 Å². The van der Waals surface area contributed by atoms with Crippen molar-refractivity contribution >= 4 is 26.9 Å². The van der Waals surface area contributed by atoms with E-state index in [0.29, 0.717) is 35.1 Å². The number of hydrogen-bond acceptors (Lipinski definition) is 3. The summed E-state index contributed by atoms with van der Waals surface area (Å²) in [7, 11) is 2.12. The average molecular weight is 231 g/mol. The number of carbonyl (C=O) groups is 1. The van der Waals surface area contributed by atoms with Crippen LogP contribution in [0.2, 0.25) is 5.02 Å². The summed E-state index contributed by atoms with van der Waals surface area (Å²) in [4.78, 5) is 11.5. The first-order valence-electron chi connectivity index (χ1n) is 4.09. The van der Waals surface area contributed by atoms with Crippen LogP contribution in [0.1, 0.15) is 16.8 Å². The van der Waals surface area contributed by atoms with Crippen LogP contribution in [-0.2, 0) is 0 Å². The van der Waals surface area contributed by atoms with Gasteiger partial charge in [0.25, 0.3) is 0 Å². The fourth-order valence-electron chi connectivity index (χ4n) is 1.41. The smallest absolute Gasteiger partial charge is 0.173 e. The van der Waals surface area contributed by atoms with Crippen molar-refractivity contribution in [3.05, 3.63) is 22.7 Å². The second-order valence-corrected chi connectivity index (χ2v) is 3.53. The first kappa shape index (κ1) is 9.75. The van der Waals surface area contributed by atoms with E-state index in [9.17, 15) is 4.79 Å². The summed E-state index contributed by atoms with van der Waals surface area (Å²) in [6.07, 6.45) is 0.368. The van der Waals surface area contributed by atoms with E-state index >= 15 is 0 Å². The molecule has 1 heterocycles. The molecule has 0 bridgehead atoms. The third-order valence-corrected chi connectivity index (χ3v) is 2.62. The Morgan fingerprint density at radius 2 is 2.29 bits per heavy atom. The number of hydrogen-bond donors (Lipinski definition) is 0. The molecule has 1 aliphatic heterocycles. The first-order chi connectivity index (χ1) is 6.74. The van der Waals surface area contributed by atoms with Crippen LogP contribution in [0.5, 0.6) is 11.5 Å². The molecule has 0 spiro atoms. The number of ether oxygens (including phenoxy) is 1. The Kier molecular flexibility index (Phi) is 2.62. The molecule has 0 saturated heterocycles. The number of rotatable bonds is 1. The van der Waals surface area contributed by atoms with Crippen molar-refractivity contribution in [3.63, 3.8) is 0 Å². The molecule has 0 N–H and O–H groups in total. The van der Waals surface area contributed by atoms with E-state index < -0.39 is 0 Å². The Bertz CT molecular complexity index is 392. The van der Waals surface area contributed by atoms with Gasteiger partial charge in [0, 0.05) is 6.42 Å². The Labute approximate surface area is 88.6 Å². The number of fused-ring (bicyclic) bond motifs is 1. The lowest BCUT2D eigenvalue weighted by atomic mass is 10.0. The van der Waals surface area contributed by atoms with Gasteiger partial charge in [-0.05, 0) is 12.1 Å². The van der Waals surface area contributed by atoms with Gasteiger partial charge in [-0.15, -0.1) is 0 Å². The van der Waals surface area contributed by atoms with Crippen molar-refractivity contribution in [2.75, 3.05) is 6.61 Å². The zero-order valence-corrected chi connectivity index (χ0v) is 9.16. The Morgan fingerprint density at radius 3 is 3.00 bits per heavy atom. The summed E-state index contributed by atoms with van der Waals surface area (Å²) in [5.74, 6) is 0.964. The molecule has 0 aromatic heterocycles. The minimum atomic E-state index is 0.000139. The van der Waals surface area contributed by atoms with Crippen LogP contribution >= 0.6 is 21.1 Å². The maximum Gasteiger partial charge on any atom is 0.173 e. The summed E-state index contributed by atoms with van der Waals surface area (Å²) in [6.45, 7) is 0.382. The second kappa shape index (κ2) is 3.76. The van der Waals surface area contributed by atoms with Crippen LogP contribution in [0.4, 0.5) is 0 Å². The number of carbonyl (C=O) groups excluding carboxylic acids is 1. The molecule has 0 fully saturated rings. The van der Waals surface area contributed by atoms with Gasteiger partial charge in [-0.3, -0.25) is 4.79 Å². The highest BCUT2D eigenvalue weighted by molar-refractivity contribution is 7.10. The van der Waals surface area contributed by atoms with Gasteiger partial charge >= 0.3 is 0 Å². The van der Waals surface area contributed by atoms with E-state index in [1.165, 1.54) is 0 Å². The van der Waals surface area contributed by atoms with Crippen LogP contribution in [-0.4, -0.2) is 12.4 Å². The highest BCUT2D eigenvalue weighted by atomic mass is 35.5. The van der Waals surface area contributed by atoms with E-state index in [2.05, 4.69) is 9.47 Å². The van der Waals surface area contributed by atoms with E-state index in [-0.39, 0.29) is 5.78 Å². The maximum absolute atomic E-state index is 11.5. The normalized spacial score (nSPS) is 14.6. The minimum Gasteiger partial charge on any atom is -0.488 e. The lowest BCUT2D eigenvalue weighted by Crippen LogP contribution is -2.16. The van der Waals surface area contributed by atoms with Gasteiger partial charge in [-0.2, -0.15) is 0 Å². The number of benzene rings is 1. The van der Waals surface area contributed by atoms with Crippen LogP contribution in [0.25, 0.3) is 0 Å². The fraction of sp³-hybridized carbons (Fsp3) is 0.222. The van der Waals surface area contributed by atoms with Crippen molar-refractivity contribution in [1.29, 1.82) is 0 Å². The van der Waals surface area contributed by atoms with Crippen LogP contribution < -0.4 is 9.26 Å². The molecule has 74 valence electrons. The van der Waals surface area contributed by atoms with Crippen molar-refractivity contribution in [2.24, 2.45) is 0 Å². The SMILES string of the molecule is O=C1CCOc2c(OP)ccc(Cl)c21. The number of Topliss-reactive ketones (excluding diaryl/α,β-unsaturated/α-hetero) is 1. The maximum atomic E-state index is 11.5. The second-order valence-electron chi connectivity index (χ2n) is 2.89. The largest absolute Gasteiger partial charge is 0.488 e. The summed E-state index contributed by atoms with van der Waals surface area (Å²) in [5.41, 5.74) is 0.429. The van der Waals surface area contributed by atoms with Gasteiger partial charge in [0.15, 0.2) is 17.3 Å². The summed E-state index contributed by atoms with van der Waals surface area (Å²) < 4.78 is 10.3. The molecule has 1 aromatic rings. The third kappa shape index (κ3) is 1.47. The predicted octanol–water partition coefficient (Wildman–Crippen LogP) is 2.47. The monoisotopic (exact) mass is 230 g/mol. The van der Waals surface area contributed by atoms with Gasteiger partial charge in [-0.25, -0.2) is 0 Å². The van der Waals surface area contributed by atoms with E-state index in [1.807, 2.05) is 0 Å². The summed E-state index contributed by atoms with van der Waals surface area (Å²) in [5, 5.41) is 0.413. The predicted molar refractivity (Wildman–Crippen MR) is 56.2 cm³/mol. The van der Waals surface area contributed by atoms with Gasteiger partial charge < -0.3 is 9.26 Å². The highest BCUT2D eigenvalue weighted by Gasteiger charge is 2.24. The molecule has 0 aliphatic carbocycles. The number of ketones is 1. The Morgan fingerprint density at radius 1 is 1.50 bits per heavy atom. The summed E-state index contributed by atoms with van der Waals surface area (Å²) in [6, 6.07) is 3.30. The van der Waals surface area contributed by atoms with Gasteiger partial charge in [0.2, 0.25) is 0 Å². The van der Waals surface area contributed by atoms with Crippen LogP contribution in [0, 0.1) is 0 Å². The first-order valence-corrected chi connectivity index (χ1v) is 4.94. The van der Waals surface area contributed by atoms with E-state index in [4.69, 9.17) is 20.9 Å². The molecule has 0 radical (unpaired) electrons. The van der Waals surface area contributed by atoms with Crippen molar-refractivity contribution in [3.8, 4) is 11.5 Å². The average Bonchev–Trinajstić information content (AvgIpc) is 2.18. The Hall–Kier alpha value is -0.790. The molecule has 3 nitrogen and oxygen atoms in total. The third-order valence-electron chi connectivity index (χ3n) is 2.05. The lowest BCUT2D eigenvalue weighted by Gasteiger charge is -2.19. The van der Waals surface area contributed by atoms with E-state index in [1.54, 1.807) is 12.1 Å². The molecule has 2 rings (SSSR count). The molecule has 0 amide bonds. The molecule has 1 atom stereocenters. The lowest BCUT2D eigenvalue weighted by molar-refractivity contribution is 0.0932.